The first-order chi connectivity index (χ1) is 24.4. The molecule has 3 aliphatic rings. The number of hydrogen-bond donors (Lipinski definition) is 0. The predicted molar refractivity (Wildman–Crippen MR) is 233 cm³/mol. The molecule has 3 heterocycles. The van der Waals surface area contributed by atoms with Crippen LogP contribution in [0.1, 0.15) is 84.6 Å². The van der Waals surface area contributed by atoms with Gasteiger partial charge in [-0.25, -0.2) is 0 Å². The Balaban J connectivity index is 1.64. The van der Waals surface area contributed by atoms with Crippen molar-refractivity contribution in [3.8, 4) is 0 Å². The summed E-state index contributed by atoms with van der Waals surface area (Å²) in [7, 11) is -3.96. The SMILES string of the molecule is CC(C)[Si](OC(=C1[P@]2SC(c3ccccc3)=C[C@@]2(c2ccccc2)[C@]2(c3ccccc3)C=C(c3ccccc3)S[P@@]12)C(C)(C)C)(C(C)C)C(C)C. The van der Waals surface area contributed by atoms with Gasteiger partial charge in [0, 0.05) is 34.5 Å². The van der Waals surface area contributed by atoms with E-state index in [1.165, 1.54) is 37.8 Å². The Labute approximate surface area is 319 Å². The quantitative estimate of drug-likeness (QED) is 0.0955. The second-order valence-corrected chi connectivity index (χ2v) is 29.8. The molecule has 0 aromatic heterocycles. The van der Waals surface area contributed by atoms with E-state index in [4.69, 9.17) is 4.43 Å². The normalized spacial score (nSPS) is 24.5. The average molecular weight is 763 g/mol. The van der Waals surface area contributed by atoms with Crippen LogP contribution in [0.4, 0.5) is 0 Å². The van der Waals surface area contributed by atoms with Crippen molar-refractivity contribution in [2.75, 3.05) is 0 Å². The van der Waals surface area contributed by atoms with Gasteiger partial charge in [-0.3, -0.25) is 0 Å². The van der Waals surface area contributed by atoms with E-state index >= 15 is 0 Å². The predicted octanol–water partition coefficient (Wildman–Crippen LogP) is 15.6. The van der Waals surface area contributed by atoms with Crippen LogP contribution in [0.15, 0.2) is 144 Å². The van der Waals surface area contributed by atoms with Gasteiger partial charge in [0.2, 0.25) is 0 Å². The van der Waals surface area contributed by atoms with Crippen LogP contribution in [-0.4, -0.2) is 8.32 Å². The molecule has 0 bridgehead atoms. The van der Waals surface area contributed by atoms with Crippen LogP contribution in [0, 0.1) is 5.41 Å². The Hall–Kier alpha value is -2.32. The van der Waals surface area contributed by atoms with Crippen molar-refractivity contribution < 1.29 is 4.43 Å². The Bertz CT molecular complexity index is 1810. The van der Waals surface area contributed by atoms with Crippen LogP contribution in [0.5, 0.6) is 0 Å². The van der Waals surface area contributed by atoms with Crippen molar-refractivity contribution in [2.45, 2.75) is 89.2 Å². The summed E-state index contributed by atoms with van der Waals surface area (Å²) in [6.45, 7) is 21.9. The summed E-state index contributed by atoms with van der Waals surface area (Å²) in [5.41, 5.74) is 6.75. The molecule has 1 saturated heterocycles. The number of benzene rings is 4. The summed E-state index contributed by atoms with van der Waals surface area (Å²) in [5, 5.41) is 1.07. The molecule has 6 heteroatoms. The van der Waals surface area contributed by atoms with Gasteiger partial charge in [-0.05, 0) is 38.9 Å². The highest BCUT2D eigenvalue weighted by Crippen LogP contribution is 3.03. The van der Waals surface area contributed by atoms with Gasteiger partial charge in [0.25, 0.3) is 8.32 Å². The molecule has 264 valence electrons. The van der Waals surface area contributed by atoms with E-state index < -0.39 is 22.6 Å². The second kappa shape index (κ2) is 14.2. The summed E-state index contributed by atoms with van der Waals surface area (Å²) < 4.78 is 8.11. The van der Waals surface area contributed by atoms with E-state index in [9.17, 15) is 0 Å². The highest BCUT2D eigenvalue weighted by atomic mass is 32.7. The maximum atomic E-state index is 8.11. The van der Waals surface area contributed by atoms with Crippen LogP contribution in [-0.2, 0) is 14.7 Å². The second-order valence-electron chi connectivity index (χ2n) is 16.1. The van der Waals surface area contributed by atoms with E-state index in [1.807, 2.05) is 0 Å². The zero-order valence-corrected chi connectivity index (χ0v) is 36.0. The lowest BCUT2D eigenvalue weighted by Crippen LogP contribution is -2.48. The molecular weight excluding hydrogens is 711 g/mol. The monoisotopic (exact) mass is 762 g/mol. The van der Waals surface area contributed by atoms with Crippen LogP contribution >= 0.6 is 37.0 Å². The molecule has 1 fully saturated rings. The van der Waals surface area contributed by atoms with Gasteiger partial charge in [0.15, 0.2) is 0 Å². The molecule has 3 aliphatic heterocycles. The molecule has 0 saturated carbocycles. The minimum absolute atomic E-state index is 0.168. The van der Waals surface area contributed by atoms with E-state index in [-0.39, 0.29) is 15.7 Å². The van der Waals surface area contributed by atoms with Crippen LogP contribution in [0.3, 0.4) is 0 Å². The first-order valence-electron chi connectivity index (χ1n) is 18.5. The Morgan fingerprint density at radius 3 is 1.20 bits per heavy atom. The zero-order chi connectivity index (χ0) is 36.2. The molecule has 4 atom stereocenters. The van der Waals surface area contributed by atoms with E-state index in [1.54, 1.807) is 5.06 Å². The van der Waals surface area contributed by atoms with Gasteiger partial charge in [-0.15, -0.1) is 0 Å². The first-order valence-corrected chi connectivity index (χ1v) is 26.1. The topological polar surface area (TPSA) is 9.23 Å². The smallest absolute Gasteiger partial charge is 0.258 e. The summed E-state index contributed by atoms with van der Waals surface area (Å²) in [4.78, 5) is 2.79. The highest BCUT2D eigenvalue weighted by molar-refractivity contribution is 8.70. The Kier molecular flexibility index (Phi) is 10.3. The van der Waals surface area contributed by atoms with Gasteiger partial charge in [-0.2, -0.15) is 0 Å². The molecule has 0 unspecified atom stereocenters. The summed E-state index contributed by atoms with van der Waals surface area (Å²) in [5.74, 6) is 1.30. The minimum Gasteiger partial charge on any atom is -0.545 e. The number of allylic oxidation sites excluding steroid dienone is 3. The highest BCUT2D eigenvalue weighted by Gasteiger charge is 2.73. The molecule has 0 N–H and O–H groups in total. The Morgan fingerprint density at radius 2 is 0.882 bits per heavy atom. The molecule has 51 heavy (non-hydrogen) atoms. The lowest BCUT2D eigenvalue weighted by Gasteiger charge is -2.46. The number of hydrogen-bond acceptors (Lipinski definition) is 3. The number of fused-ring (bicyclic) bond motifs is 3. The summed E-state index contributed by atoms with van der Waals surface area (Å²) in [6.07, 6.45) is 5.46. The van der Waals surface area contributed by atoms with Crippen molar-refractivity contribution in [2.24, 2.45) is 5.41 Å². The average Bonchev–Trinajstić information content (AvgIpc) is 3.77. The van der Waals surface area contributed by atoms with E-state index in [0.29, 0.717) is 16.6 Å². The molecule has 0 amide bonds. The van der Waals surface area contributed by atoms with Crippen molar-refractivity contribution in [1.29, 1.82) is 0 Å². The first kappa shape index (κ1) is 37.0. The molecule has 0 spiro atoms. The van der Waals surface area contributed by atoms with Gasteiger partial charge in [0.05, 0.1) is 16.1 Å². The molecular formula is C45H52OP2S2Si. The van der Waals surface area contributed by atoms with E-state index in [0.717, 1.165) is 0 Å². The van der Waals surface area contributed by atoms with E-state index in [2.05, 4.69) is 219 Å². The van der Waals surface area contributed by atoms with Gasteiger partial charge >= 0.3 is 0 Å². The van der Waals surface area contributed by atoms with Crippen LogP contribution in [0.2, 0.25) is 16.6 Å². The fourth-order valence-corrected chi connectivity index (χ4v) is 31.7. The lowest BCUT2D eigenvalue weighted by atomic mass is 9.78. The molecule has 4 aromatic carbocycles. The maximum Gasteiger partial charge on any atom is 0.258 e. The summed E-state index contributed by atoms with van der Waals surface area (Å²) >= 11 is 4.31. The molecule has 0 radical (unpaired) electrons. The zero-order valence-electron chi connectivity index (χ0n) is 31.6. The Morgan fingerprint density at radius 1 is 0.549 bits per heavy atom. The fourth-order valence-electron chi connectivity index (χ4n) is 8.87. The third-order valence-corrected chi connectivity index (χ3v) is 29.7. The summed E-state index contributed by atoms with van der Waals surface area (Å²) in [6, 6.07) is 45.4. The standard InChI is InChI=1S/C45H52OP2S2Si/c1-32(2)51(33(3)4,34(5)6)46-41(43(7,8)9)42-47-44(37-26-18-12-19-27-37,30-39(49-47)35-22-14-10-15-23-35)45(38-28-20-13-21-29-38)31-40(50-48(42)45)36-24-16-11-17-25-36/h10-34H,1-9H3/t44-,45-,47+,48+/m1/s1. The molecule has 0 aliphatic carbocycles. The molecule has 1 nitrogen and oxygen atoms in total. The third kappa shape index (κ3) is 5.92. The van der Waals surface area contributed by atoms with Crippen LogP contribution in [0.25, 0.3) is 9.81 Å². The maximum absolute atomic E-state index is 8.11. The van der Waals surface area contributed by atoms with Crippen molar-refractivity contribution in [3.63, 3.8) is 0 Å². The number of rotatable bonds is 9. The van der Waals surface area contributed by atoms with Gasteiger partial charge in [0.1, 0.15) is 0 Å². The van der Waals surface area contributed by atoms with Crippen LogP contribution < -0.4 is 0 Å². The fraction of sp³-hybridized carbons (Fsp3) is 0.333. The third-order valence-electron chi connectivity index (χ3n) is 11.1. The minimum atomic E-state index is -2.31. The van der Waals surface area contributed by atoms with Crippen molar-refractivity contribution in [1.82, 2.24) is 0 Å². The van der Waals surface area contributed by atoms with Crippen molar-refractivity contribution >= 4 is 55.1 Å². The van der Waals surface area contributed by atoms with Crippen molar-refractivity contribution in [3.05, 3.63) is 167 Å². The molecule has 7 rings (SSSR count). The molecule has 4 aromatic rings. The van der Waals surface area contributed by atoms with Gasteiger partial charge < -0.3 is 4.43 Å². The largest absolute Gasteiger partial charge is 0.545 e. The van der Waals surface area contributed by atoms with Gasteiger partial charge in [-0.1, -0.05) is 219 Å². The lowest BCUT2D eigenvalue weighted by molar-refractivity contribution is 0.267.